The number of rotatable bonds is 7. The molecule has 1 unspecified atom stereocenters. The Balaban J connectivity index is 1.69. The zero-order chi connectivity index (χ0) is 14.5. The van der Waals surface area contributed by atoms with Crippen molar-refractivity contribution in [2.75, 3.05) is 6.54 Å². The van der Waals surface area contributed by atoms with Gasteiger partial charge in [0, 0.05) is 6.04 Å². The molecule has 0 bridgehead atoms. The molecular formula is C20H31N. The van der Waals surface area contributed by atoms with Crippen LogP contribution < -0.4 is 5.32 Å². The van der Waals surface area contributed by atoms with E-state index >= 15 is 0 Å². The summed E-state index contributed by atoms with van der Waals surface area (Å²) in [5.41, 5.74) is 3.24. The van der Waals surface area contributed by atoms with Crippen LogP contribution in [0.5, 0.6) is 0 Å². The van der Waals surface area contributed by atoms with Gasteiger partial charge in [0.25, 0.3) is 0 Å². The minimum atomic E-state index is 0.576. The molecular weight excluding hydrogens is 254 g/mol. The Labute approximate surface area is 130 Å². The topological polar surface area (TPSA) is 12.0 Å². The average molecular weight is 285 g/mol. The molecule has 1 aromatic carbocycles. The van der Waals surface area contributed by atoms with Gasteiger partial charge in [-0.15, -0.1) is 0 Å². The highest BCUT2D eigenvalue weighted by Gasteiger charge is 2.25. The lowest BCUT2D eigenvalue weighted by Crippen LogP contribution is -2.24. The van der Waals surface area contributed by atoms with E-state index in [9.17, 15) is 0 Å². The van der Waals surface area contributed by atoms with E-state index < -0.39 is 0 Å². The van der Waals surface area contributed by atoms with Gasteiger partial charge in [0.05, 0.1) is 0 Å². The highest BCUT2D eigenvalue weighted by molar-refractivity contribution is 5.34. The van der Waals surface area contributed by atoms with Crippen molar-refractivity contribution in [1.82, 2.24) is 5.32 Å². The molecule has 0 saturated heterocycles. The molecule has 1 atom stereocenters. The van der Waals surface area contributed by atoms with Crippen LogP contribution in [0.15, 0.2) is 24.3 Å². The van der Waals surface area contributed by atoms with Gasteiger partial charge in [0.1, 0.15) is 0 Å². The van der Waals surface area contributed by atoms with Gasteiger partial charge in [0.15, 0.2) is 0 Å². The van der Waals surface area contributed by atoms with Gasteiger partial charge in [-0.05, 0) is 55.2 Å². The lowest BCUT2D eigenvalue weighted by molar-refractivity contribution is 0.394. The highest BCUT2D eigenvalue weighted by Crippen LogP contribution is 2.40. The van der Waals surface area contributed by atoms with E-state index in [1.807, 2.05) is 0 Å². The Morgan fingerprint density at radius 2 is 1.81 bits per heavy atom. The van der Waals surface area contributed by atoms with Crippen molar-refractivity contribution in [2.45, 2.75) is 76.7 Å². The summed E-state index contributed by atoms with van der Waals surface area (Å²) in [6.45, 7) is 3.32. The molecule has 1 aromatic rings. The van der Waals surface area contributed by atoms with Crippen molar-refractivity contribution < 1.29 is 0 Å². The summed E-state index contributed by atoms with van der Waals surface area (Å²) in [7, 11) is 0. The van der Waals surface area contributed by atoms with Crippen LogP contribution >= 0.6 is 0 Å². The van der Waals surface area contributed by atoms with E-state index in [-0.39, 0.29) is 0 Å². The lowest BCUT2D eigenvalue weighted by Gasteiger charge is -2.31. The van der Waals surface area contributed by atoms with Crippen LogP contribution in [-0.2, 0) is 0 Å². The minimum Gasteiger partial charge on any atom is -0.310 e. The third-order valence-electron chi connectivity index (χ3n) is 5.71. The zero-order valence-electron chi connectivity index (χ0n) is 13.6. The average Bonchev–Trinajstić information content (AvgIpc) is 2.96. The predicted molar refractivity (Wildman–Crippen MR) is 90.6 cm³/mol. The smallest absolute Gasteiger partial charge is 0.0323 e. The first-order valence-corrected chi connectivity index (χ1v) is 9.20. The molecule has 2 saturated carbocycles. The van der Waals surface area contributed by atoms with Crippen LogP contribution in [-0.4, -0.2) is 6.54 Å². The molecule has 0 spiro atoms. The Hall–Kier alpha value is -0.820. The van der Waals surface area contributed by atoms with E-state index in [4.69, 9.17) is 0 Å². The van der Waals surface area contributed by atoms with E-state index in [0.29, 0.717) is 6.04 Å². The fourth-order valence-electron chi connectivity index (χ4n) is 4.23. The van der Waals surface area contributed by atoms with Gasteiger partial charge in [-0.3, -0.25) is 0 Å². The summed E-state index contributed by atoms with van der Waals surface area (Å²) in [5, 5.41) is 3.77. The first-order chi connectivity index (χ1) is 10.4. The van der Waals surface area contributed by atoms with Gasteiger partial charge >= 0.3 is 0 Å². The van der Waals surface area contributed by atoms with Crippen LogP contribution in [0.4, 0.5) is 0 Å². The maximum absolute atomic E-state index is 3.77. The molecule has 0 aliphatic heterocycles. The third kappa shape index (κ3) is 3.69. The van der Waals surface area contributed by atoms with Crippen LogP contribution in [0.2, 0.25) is 0 Å². The summed E-state index contributed by atoms with van der Waals surface area (Å²) < 4.78 is 0. The molecule has 0 aromatic heterocycles. The summed E-state index contributed by atoms with van der Waals surface area (Å²) in [4.78, 5) is 0. The highest BCUT2D eigenvalue weighted by atomic mass is 14.9. The quantitative estimate of drug-likeness (QED) is 0.690. The number of benzene rings is 1. The standard InChI is InChI=1S/C20H31N/c1-2-21-20(15-14-16-8-3-4-9-16)19-13-6-5-12-18(19)17-10-7-11-17/h5-6,12-13,16-17,20-21H,2-4,7-11,14-15H2,1H3. The first kappa shape index (κ1) is 15.1. The van der Waals surface area contributed by atoms with Crippen molar-refractivity contribution >= 4 is 0 Å². The first-order valence-electron chi connectivity index (χ1n) is 9.20. The fourth-order valence-corrected chi connectivity index (χ4v) is 4.23. The van der Waals surface area contributed by atoms with Crippen molar-refractivity contribution in [2.24, 2.45) is 5.92 Å². The van der Waals surface area contributed by atoms with Crippen LogP contribution in [0.3, 0.4) is 0 Å². The zero-order valence-corrected chi connectivity index (χ0v) is 13.6. The maximum Gasteiger partial charge on any atom is 0.0323 e. The molecule has 2 aliphatic rings. The molecule has 1 heteroatoms. The van der Waals surface area contributed by atoms with Crippen molar-refractivity contribution in [3.8, 4) is 0 Å². The number of hydrogen-bond donors (Lipinski definition) is 1. The van der Waals surface area contributed by atoms with Crippen molar-refractivity contribution in [1.29, 1.82) is 0 Å². The molecule has 2 aliphatic carbocycles. The largest absolute Gasteiger partial charge is 0.310 e. The molecule has 3 rings (SSSR count). The molecule has 1 nitrogen and oxygen atoms in total. The Kier molecular flexibility index (Phi) is 5.35. The maximum atomic E-state index is 3.77. The summed E-state index contributed by atoms with van der Waals surface area (Å²) >= 11 is 0. The predicted octanol–water partition coefficient (Wildman–Crippen LogP) is 5.58. The van der Waals surface area contributed by atoms with Crippen molar-refractivity contribution in [3.63, 3.8) is 0 Å². The van der Waals surface area contributed by atoms with Gasteiger partial charge in [-0.1, -0.05) is 63.3 Å². The van der Waals surface area contributed by atoms with Gasteiger partial charge in [0.2, 0.25) is 0 Å². The van der Waals surface area contributed by atoms with Gasteiger partial charge < -0.3 is 5.32 Å². The van der Waals surface area contributed by atoms with Crippen LogP contribution in [0, 0.1) is 5.92 Å². The second-order valence-corrected chi connectivity index (χ2v) is 7.09. The second-order valence-electron chi connectivity index (χ2n) is 7.09. The molecule has 2 fully saturated rings. The summed E-state index contributed by atoms with van der Waals surface area (Å²) in [6, 6.07) is 9.82. The van der Waals surface area contributed by atoms with E-state index in [1.165, 1.54) is 57.8 Å². The van der Waals surface area contributed by atoms with E-state index in [1.54, 1.807) is 11.1 Å². The third-order valence-corrected chi connectivity index (χ3v) is 5.71. The Morgan fingerprint density at radius 3 is 2.48 bits per heavy atom. The van der Waals surface area contributed by atoms with Crippen LogP contribution in [0.25, 0.3) is 0 Å². The number of nitrogens with one attached hydrogen (secondary N) is 1. The van der Waals surface area contributed by atoms with Crippen LogP contribution in [0.1, 0.15) is 87.8 Å². The minimum absolute atomic E-state index is 0.576. The SMILES string of the molecule is CCNC(CCC1CCCC1)c1ccccc1C1CCC1. The second kappa shape index (κ2) is 7.45. The fraction of sp³-hybridized carbons (Fsp3) is 0.700. The lowest BCUT2D eigenvalue weighted by atomic mass is 9.76. The van der Waals surface area contributed by atoms with E-state index in [0.717, 1.165) is 18.4 Å². The normalized spacial score (nSPS) is 21.4. The Morgan fingerprint density at radius 1 is 1.05 bits per heavy atom. The molecule has 0 amide bonds. The molecule has 21 heavy (non-hydrogen) atoms. The summed E-state index contributed by atoms with van der Waals surface area (Å²) in [6.07, 6.45) is 12.8. The molecule has 1 N–H and O–H groups in total. The summed E-state index contributed by atoms with van der Waals surface area (Å²) in [5.74, 6) is 1.84. The van der Waals surface area contributed by atoms with Gasteiger partial charge in [-0.2, -0.15) is 0 Å². The molecule has 116 valence electrons. The van der Waals surface area contributed by atoms with Crippen molar-refractivity contribution in [3.05, 3.63) is 35.4 Å². The van der Waals surface area contributed by atoms with Gasteiger partial charge in [-0.25, -0.2) is 0 Å². The number of hydrogen-bond acceptors (Lipinski definition) is 1. The van der Waals surface area contributed by atoms with E-state index in [2.05, 4.69) is 36.5 Å². The Bertz CT molecular complexity index is 429. The monoisotopic (exact) mass is 285 g/mol. The molecule has 0 radical (unpaired) electrons. The molecule has 0 heterocycles.